The number of ether oxygens (including phenoxy) is 1. The van der Waals surface area contributed by atoms with Gasteiger partial charge in [-0.25, -0.2) is 0 Å². The van der Waals surface area contributed by atoms with Crippen molar-refractivity contribution < 1.29 is 14.6 Å². The molecule has 1 fully saturated rings. The van der Waals surface area contributed by atoms with Crippen LogP contribution in [0.4, 0.5) is 0 Å². The fourth-order valence-corrected chi connectivity index (χ4v) is 5.46. The van der Waals surface area contributed by atoms with E-state index in [0.29, 0.717) is 13.2 Å². The molecule has 3 aromatic carbocycles. The van der Waals surface area contributed by atoms with Gasteiger partial charge in [-0.1, -0.05) is 78.9 Å². The normalized spacial score (nSPS) is 22.7. The zero-order valence-electron chi connectivity index (χ0n) is 18.9. The van der Waals surface area contributed by atoms with Gasteiger partial charge < -0.3 is 14.7 Å². The summed E-state index contributed by atoms with van der Waals surface area (Å²) in [5.41, 5.74) is 6.46. The molecule has 1 saturated heterocycles. The molecule has 0 bridgehead atoms. The second-order valence-corrected chi connectivity index (χ2v) is 9.22. The molecule has 4 heteroatoms. The van der Waals surface area contributed by atoms with Crippen LogP contribution in [0.2, 0.25) is 0 Å². The maximum atomic E-state index is 11.4. The second kappa shape index (κ2) is 9.90. The fourth-order valence-electron chi connectivity index (χ4n) is 5.46. The first-order valence-electron chi connectivity index (χ1n) is 12.0. The summed E-state index contributed by atoms with van der Waals surface area (Å²) in [6.45, 7) is 2.90. The van der Waals surface area contributed by atoms with Crippen LogP contribution in [0.1, 0.15) is 52.7 Å². The van der Waals surface area contributed by atoms with E-state index in [9.17, 15) is 9.90 Å². The summed E-state index contributed by atoms with van der Waals surface area (Å²) >= 11 is 0. The first-order chi connectivity index (χ1) is 16.2. The van der Waals surface area contributed by atoms with E-state index in [1.807, 2.05) is 0 Å². The number of nitrogens with zero attached hydrogens (tertiary/aromatic N) is 1. The van der Waals surface area contributed by atoms with Crippen molar-refractivity contribution >= 4 is 5.97 Å². The van der Waals surface area contributed by atoms with Gasteiger partial charge in [0.2, 0.25) is 0 Å². The van der Waals surface area contributed by atoms with Crippen molar-refractivity contribution in [2.24, 2.45) is 5.92 Å². The van der Waals surface area contributed by atoms with Crippen molar-refractivity contribution in [2.75, 3.05) is 26.2 Å². The summed E-state index contributed by atoms with van der Waals surface area (Å²) in [7, 11) is 0. The lowest BCUT2D eigenvalue weighted by Crippen LogP contribution is -2.40. The van der Waals surface area contributed by atoms with Gasteiger partial charge in [-0.05, 0) is 53.6 Å². The van der Waals surface area contributed by atoms with Gasteiger partial charge >= 0.3 is 5.97 Å². The largest absolute Gasteiger partial charge is 0.481 e. The van der Waals surface area contributed by atoms with Crippen molar-refractivity contribution in [1.82, 2.24) is 4.90 Å². The number of aliphatic carboxylic acids is 1. The van der Waals surface area contributed by atoms with Crippen molar-refractivity contribution in [3.05, 3.63) is 107 Å². The zero-order valence-corrected chi connectivity index (χ0v) is 18.9. The second-order valence-electron chi connectivity index (χ2n) is 9.22. The molecule has 0 spiro atoms. The number of piperidine rings is 1. The lowest BCUT2D eigenvalue weighted by Gasteiger charge is -2.31. The van der Waals surface area contributed by atoms with Crippen molar-refractivity contribution in [3.63, 3.8) is 0 Å². The molecular weight excluding hydrogens is 410 g/mol. The van der Waals surface area contributed by atoms with Crippen LogP contribution in [0, 0.1) is 5.92 Å². The number of benzene rings is 3. The Morgan fingerprint density at radius 1 is 0.909 bits per heavy atom. The van der Waals surface area contributed by atoms with E-state index < -0.39 is 5.97 Å². The summed E-state index contributed by atoms with van der Waals surface area (Å²) in [6, 6.07) is 28.1. The van der Waals surface area contributed by atoms with E-state index in [0.717, 1.165) is 32.4 Å². The van der Waals surface area contributed by atoms with Gasteiger partial charge in [0.15, 0.2) is 0 Å². The van der Waals surface area contributed by atoms with E-state index >= 15 is 0 Å². The van der Waals surface area contributed by atoms with Crippen LogP contribution in [0.15, 0.2) is 78.9 Å². The maximum absolute atomic E-state index is 11.4. The standard InChI is InChI=1S/C29H31NO3/c31-29(32)23-12-8-16-30(20-23)17-18-33-28-24-13-5-4-11-22(24)19-27(21-9-2-1-3-10-21)25-14-6-7-15-26(25)28/h1-7,9-11,13-15,23,27-28H,8,12,16-20H2,(H,31,32). The number of hydrogen-bond donors (Lipinski definition) is 1. The van der Waals surface area contributed by atoms with E-state index in [1.165, 1.54) is 27.8 Å². The highest BCUT2D eigenvalue weighted by molar-refractivity contribution is 5.70. The van der Waals surface area contributed by atoms with Crippen molar-refractivity contribution in [2.45, 2.75) is 31.3 Å². The predicted molar refractivity (Wildman–Crippen MR) is 129 cm³/mol. The monoisotopic (exact) mass is 441 g/mol. The van der Waals surface area contributed by atoms with Crippen LogP contribution >= 0.6 is 0 Å². The number of carbonyl (C=O) groups is 1. The summed E-state index contributed by atoms with van der Waals surface area (Å²) in [5, 5.41) is 9.40. The van der Waals surface area contributed by atoms with Crippen molar-refractivity contribution in [3.8, 4) is 0 Å². The highest BCUT2D eigenvalue weighted by Crippen LogP contribution is 2.42. The number of rotatable bonds is 6. The molecule has 5 rings (SSSR count). The smallest absolute Gasteiger partial charge is 0.307 e. The van der Waals surface area contributed by atoms with E-state index in [4.69, 9.17) is 4.74 Å². The van der Waals surface area contributed by atoms with Crippen LogP contribution in [0.3, 0.4) is 0 Å². The SMILES string of the molecule is O=C(O)C1CCCN(CCOC2c3ccccc3CC(c3ccccc3)c3ccccc32)C1. The number of hydrogen-bond acceptors (Lipinski definition) is 3. The minimum absolute atomic E-state index is 0.119. The van der Waals surface area contributed by atoms with Gasteiger partial charge in [0, 0.05) is 19.0 Å². The lowest BCUT2D eigenvalue weighted by atomic mass is 9.85. The van der Waals surface area contributed by atoms with Crippen LogP contribution in [0.25, 0.3) is 0 Å². The minimum Gasteiger partial charge on any atom is -0.481 e. The molecule has 0 aromatic heterocycles. The average molecular weight is 442 g/mol. The molecule has 170 valence electrons. The highest BCUT2D eigenvalue weighted by Gasteiger charge is 2.30. The van der Waals surface area contributed by atoms with Crippen LogP contribution in [-0.2, 0) is 16.0 Å². The van der Waals surface area contributed by atoms with Gasteiger partial charge in [0.25, 0.3) is 0 Å². The molecule has 3 atom stereocenters. The summed E-state index contributed by atoms with van der Waals surface area (Å²) in [5.74, 6) is -0.653. The average Bonchev–Trinajstić information content (AvgIpc) is 3.00. The molecule has 33 heavy (non-hydrogen) atoms. The van der Waals surface area contributed by atoms with Gasteiger partial charge in [0.05, 0.1) is 12.5 Å². The fraction of sp³-hybridized carbons (Fsp3) is 0.345. The molecule has 0 saturated carbocycles. The Balaban J connectivity index is 1.42. The Morgan fingerprint density at radius 3 is 2.39 bits per heavy atom. The third-order valence-corrected chi connectivity index (χ3v) is 7.16. The Hall–Kier alpha value is -2.95. The van der Waals surface area contributed by atoms with Crippen LogP contribution in [0.5, 0.6) is 0 Å². The number of carboxylic acid groups (broad SMARTS) is 1. The maximum Gasteiger partial charge on any atom is 0.307 e. The number of fused-ring (bicyclic) bond motifs is 2. The summed E-state index contributed by atoms with van der Waals surface area (Å²) in [4.78, 5) is 13.7. The molecule has 3 unspecified atom stereocenters. The zero-order chi connectivity index (χ0) is 22.6. The third kappa shape index (κ3) is 4.73. The Labute approximate surface area is 195 Å². The molecule has 1 N–H and O–H groups in total. The van der Waals surface area contributed by atoms with Gasteiger partial charge in [0.1, 0.15) is 6.10 Å². The van der Waals surface area contributed by atoms with E-state index in [2.05, 4.69) is 83.8 Å². The van der Waals surface area contributed by atoms with Crippen molar-refractivity contribution in [1.29, 1.82) is 0 Å². The number of likely N-dealkylation sites (tertiary alicyclic amines) is 1. The third-order valence-electron chi connectivity index (χ3n) is 7.16. The van der Waals surface area contributed by atoms with Crippen LogP contribution < -0.4 is 0 Å². The topological polar surface area (TPSA) is 49.8 Å². The quantitative estimate of drug-likeness (QED) is 0.566. The van der Waals surface area contributed by atoms with Crippen LogP contribution in [-0.4, -0.2) is 42.2 Å². The highest BCUT2D eigenvalue weighted by atomic mass is 16.5. The molecule has 0 amide bonds. The first-order valence-corrected chi connectivity index (χ1v) is 12.0. The molecule has 1 heterocycles. The minimum atomic E-state index is -0.681. The van der Waals surface area contributed by atoms with Gasteiger partial charge in [-0.15, -0.1) is 0 Å². The molecular formula is C29H31NO3. The molecule has 4 nitrogen and oxygen atoms in total. The Morgan fingerprint density at radius 2 is 1.61 bits per heavy atom. The summed E-state index contributed by atoms with van der Waals surface area (Å²) < 4.78 is 6.61. The summed E-state index contributed by atoms with van der Waals surface area (Å²) in [6.07, 6.45) is 2.54. The predicted octanol–water partition coefficient (Wildman–Crippen LogP) is 5.28. The Bertz CT molecular complexity index is 1100. The van der Waals surface area contributed by atoms with Gasteiger partial charge in [-0.2, -0.15) is 0 Å². The van der Waals surface area contributed by atoms with Gasteiger partial charge in [-0.3, -0.25) is 4.79 Å². The molecule has 2 aliphatic rings. The first kappa shape index (κ1) is 21.9. The molecule has 1 aliphatic heterocycles. The number of carboxylic acids is 1. The molecule has 1 aliphatic carbocycles. The van der Waals surface area contributed by atoms with E-state index in [-0.39, 0.29) is 17.9 Å². The Kier molecular flexibility index (Phi) is 6.56. The molecule has 3 aromatic rings. The van der Waals surface area contributed by atoms with E-state index in [1.54, 1.807) is 0 Å². The molecule has 0 radical (unpaired) electrons. The lowest BCUT2D eigenvalue weighted by molar-refractivity contribution is -0.143.